The van der Waals surface area contributed by atoms with Gasteiger partial charge in [0.1, 0.15) is 0 Å². The highest BCUT2D eigenvalue weighted by molar-refractivity contribution is 7.15. The molecule has 2 atom stereocenters. The number of likely N-dealkylation sites (tertiary alicyclic amines) is 1. The van der Waals surface area contributed by atoms with Crippen LogP contribution in [0.5, 0.6) is 0 Å². The summed E-state index contributed by atoms with van der Waals surface area (Å²) in [6.07, 6.45) is 4.60. The van der Waals surface area contributed by atoms with Crippen molar-refractivity contribution in [2.24, 2.45) is 11.8 Å². The van der Waals surface area contributed by atoms with Crippen LogP contribution in [0.4, 0.5) is 5.13 Å². The summed E-state index contributed by atoms with van der Waals surface area (Å²) in [6.45, 7) is 8.16. The molecule has 2 rings (SSSR count). The van der Waals surface area contributed by atoms with E-state index in [1.54, 1.807) is 11.3 Å². The summed E-state index contributed by atoms with van der Waals surface area (Å²) in [7, 11) is 0. The highest BCUT2D eigenvalue weighted by atomic mass is 32.1. The van der Waals surface area contributed by atoms with Gasteiger partial charge in [0.25, 0.3) is 0 Å². The first-order chi connectivity index (χ1) is 7.63. The van der Waals surface area contributed by atoms with Crippen molar-refractivity contribution in [3.63, 3.8) is 0 Å². The van der Waals surface area contributed by atoms with E-state index in [9.17, 15) is 0 Å². The number of aromatic nitrogens is 1. The predicted molar refractivity (Wildman–Crippen MR) is 69.4 cm³/mol. The lowest BCUT2D eigenvalue weighted by molar-refractivity contribution is 0.250. The Balaban J connectivity index is 1.94. The molecule has 2 N–H and O–H groups in total. The van der Waals surface area contributed by atoms with Crippen LogP contribution in [0.25, 0.3) is 0 Å². The van der Waals surface area contributed by atoms with E-state index >= 15 is 0 Å². The SMILES string of the molecule is CC1CCN(Cc2cnc(N)s2)CC(C)C1. The Kier molecular flexibility index (Phi) is 3.82. The Bertz CT molecular complexity index is 337. The Labute approximate surface area is 102 Å². The smallest absolute Gasteiger partial charge is 0.180 e. The van der Waals surface area contributed by atoms with E-state index in [4.69, 9.17) is 5.73 Å². The minimum atomic E-state index is 0.686. The third kappa shape index (κ3) is 3.19. The van der Waals surface area contributed by atoms with E-state index in [-0.39, 0.29) is 0 Å². The Morgan fingerprint density at radius 1 is 1.50 bits per heavy atom. The first-order valence-electron chi connectivity index (χ1n) is 6.06. The molecular weight excluding hydrogens is 218 g/mol. The molecule has 16 heavy (non-hydrogen) atoms. The zero-order valence-corrected chi connectivity index (χ0v) is 11.0. The molecule has 1 aliphatic heterocycles. The minimum absolute atomic E-state index is 0.686. The zero-order chi connectivity index (χ0) is 11.5. The molecule has 0 saturated carbocycles. The maximum atomic E-state index is 5.65. The summed E-state index contributed by atoms with van der Waals surface area (Å²) in [5.41, 5.74) is 5.65. The fourth-order valence-electron chi connectivity index (χ4n) is 2.57. The molecule has 0 radical (unpaired) electrons. The number of hydrogen-bond donors (Lipinski definition) is 1. The second-order valence-electron chi connectivity index (χ2n) is 5.13. The van der Waals surface area contributed by atoms with Crippen LogP contribution >= 0.6 is 11.3 Å². The minimum Gasteiger partial charge on any atom is -0.375 e. The van der Waals surface area contributed by atoms with Gasteiger partial charge in [0.15, 0.2) is 5.13 Å². The standard InChI is InChI=1S/C12H21N3S/c1-9-3-4-15(7-10(2)5-9)8-11-6-14-12(13)16-11/h6,9-10H,3-5,7-8H2,1-2H3,(H2,13,14). The van der Waals surface area contributed by atoms with Crippen LogP contribution in [-0.2, 0) is 6.54 Å². The van der Waals surface area contributed by atoms with Crippen LogP contribution < -0.4 is 5.73 Å². The lowest BCUT2D eigenvalue weighted by atomic mass is 9.97. The summed E-state index contributed by atoms with van der Waals surface area (Å²) in [6, 6.07) is 0. The van der Waals surface area contributed by atoms with Gasteiger partial charge < -0.3 is 5.73 Å². The van der Waals surface area contributed by atoms with Crippen molar-refractivity contribution in [3.05, 3.63) is 11.1 Å². The number of rotatable bonds is 2. The number of hydrogen-bond acceptors (Lipinski definition) is 4. The van der Waals surface area contributed by atoms with Gasteiger partial charge in [-0.05, 0) is 31.2 Å². The highest BCUT2D eigenvalue weighted by Crippen LogP contribution is 2.24. The number of nitrogens with two attached hydrogens (primary N) is 1. The number of nitrogen functional groups attached to an aromatic ring is 1. The van der Waals surface area contributed by atoms with Gasteiger partial charge in [0, 0.05) is 24.2 Å². The summed E-state index contributed by atoms with van der Waals surface area (Å²) in [5, 5.41) is 0.686. The predicted octanol–water partition coefficient (Wildman–Crippen LogP) is 2.59. The number of thiazole rings is 1. The maximum Gasteiger partial charge on any atom is 0.180 e. The van der Waals surface area contributed by atoms with E-state index in [1.165, 1.54) is 30.8 Å². The topological polar surface area (TPSA) is 42.2 Å². The van der Waals surface area contributed by atoms with Crippen LogP contribution in [0.3, 0.4) is 0 Å². The van der Waals surface area contributed by atoms with E-state index in [0.29, 0.717) is 5.13 Å². The van der Waals surface area contributed by atoms with Crippen LogP contribution in [0.2, 0.25) is 0 Å². The zero-order valence-electron chi connectivity index (χ0n) is 10.1. The van der Waals surface area contributed by atoms with Crippen molar-refractivity contribution < 1.29 is 0 Å². The molecular formula is C12H21N3S. The molecule has 0 bridgehead atoms. The molecule has 1 aromatic rings. The van der Waals surface area contributed by atoms with Gasteiger partial charge in [-0.3, -0.25) is 4.90 Å². The van der Waals surface area contributed by atoms with Gasteiger partial charge in [-0.15, -0.1) is 11.3 Å². The van der Waals surface area contributed by atoms with Crippen LogP contribution in [0.15, 0.2) is 6.20 Å². The van der Waals surface area contributed by atoms with Crippen LogP contribution in [0, 0.1) is 11.8 Å². The molecule has 1 aliphatic rings. The quantitative estimate of drug-likeness (QED) is 0.862. The molecule has 90 valence electrons. The molecule has 1 saturated heterocycles. The summed E-state index contributed by atoms with van der Waals surface area (Å²) in [4.78, 5) is 7.94. The molecule has 0 spiro atoms. The molecule has 0 amide bonds. The maximum absolute atomic E-state index is 5.65. The van der Waals surface area contributed by atoms with Crippen molar-refractivity contribution in [2.45, 2.75) is 33.2 Å². The lowest BCUT2D eigenvalue weighted by Gasteiger charge is -2.21. The number of anilines is 1. The molecule has 0 aliphatic carbocycles. The fourth-order valence-corrected chi connectivity index (χ4v) is 3.30. The fraction of sp³-hybridized carbons (Fsp3) is 0.750. The third-order valence-corrected chi connectivity index (χ3v) is 4.07. The summed E-state index contributed by atoms with van der Waals surface area (Å²) in [5.74, 6) is 1.68. The molecule has 2 unspecified atom stereocenters. The van der Waals surface area contributed by atoms with Crippen LogP contribution in [-0.4, -0.2) is 23.0 Å². The third-order valence-electron chi connectivity index (χ3n) is 3.26. The first kappa shape index (κ1) is 11.9. The summed E-state index contributed by atoms with van der Waals surface area (Å²) < 4.78 is 0. The molecule has 2 heterocycles. The van der Waals surface area contributed by atoms with Crippen molar-refractivity contribution in [1.29, 1.82) is 0 Å². The second kappa shape index (κ2) is 5.15. The Morgan fingerprint density at radius 2 is 2.31 bits per heavy atom. The van der Waals surface area contributed by atoms with Gasteiger partial charge in [0.2, 0.25) is 0 Å². The van der Waals surface area contributed by atoms with Crippen molar-refractivity contribution in [1.82, 2.24) is 9.88 Å². The largest absolute Gasteiger partial charge is 0.375 e. The van der Waals surface area contributed by atoms with Gasteiger partial charge >= 0.3 is 0 Å². The van der Waals surface area contributed by atoms with E-state index in [1.807, 2.05) is 6.20 Å². The molecule has 1 aromatic heterocycles. The van der Waals surface area contributed by atoms with E-state index in [2.05, 4.69) is 23.7 Å². The second-order valence-corrected chi connectivity index (χ2v) is 6.28. The number of nitrogens with zero attached hydrogens (tertiary/aromatic N) is 2. The normalized spacial score (nSPS) is 27.9. The van der Waals surface area contributed by atoms with Crippen molar-refractivity contribution in [3.8, 4) is 0 Å². The van der Waals surface area contributed by atoms with Gasteiger partial charge in [-0.2, -0.15) is 0 Å². The van der Waals surface area contributed by atoms with Crippen LogP contribution in [0.1, 0.15) is 31.6 Å². The van der Waals surface area contributed by atoms with Crippen molar-refractivity contribution in [2.75, 3.05) is 18.8 Å². The first-order valence-corrected chi connectivity index (χ1v) is 6.87. The molecule has 0 aromatic carbocycles. The molecule has 1 fully saturated rings. The Hall–Kier alpha value is -0.610. The Morgan fingerprint density at radius 3 is 3.00 bits per heavy atom. The van der Waals surface area contributed by atoms with Gasteiger partial charge in [-0.25, -0.2) is 4.98 Å². The van der Waals surface area contributed by atoms with E-state index < -0.39 is 0 Å². The monoisotopic (exact) mass is 239 g/mol. The van der Waals surface area contributed by atoms with Gasteiger partial charge in [-0.1, -0.05) is 13.8 Å². The van der Waals surface area contributed by atoms with Crippen molar-refractivity contribution >= 4 is 16.5 Å². The summed E-state index contributed by atoms with van der Waals surface area (Å²) >= 11 is 1.62. The molecule has 4 heteroatoms. The van der Waals surface area contributed by atoms with Gasteiger partial charge in [0.05, 0.1) is 0 Å². The molecule has 3 nitrogen and oxygen atoms in total. The van der Waals surface area contributed by atoms with E-state index in [0.717, 1.165) is 18.4 Å². The lowest BCUT2D eigenvalue weighted by Crippen LogP contribution is -2.26. The average molecular weight is 239 g/mol. The average Bonchev–Trinajstić information content (AvgIpc) is 2.52. The highest BCUT2D eigenvalue weighted by Gasteiger charge is 2.19.